The number of aromatic nitrogens is 2. The van der Waals surface area contributed by atoms with Crippen molar-refractivity contribution in [3.8, 4) is 34.0 Å². The molecule has 2 aliphatic rings. The lowest BCUT2D eigenvalue weighted by molar-refractivity contribution is 0.0265. The van der Waals surface area contributed by atoms with Crippen molar-refractivity contribution in [3.63, 3.8) is 0 Å². The van der Waals surface area contributed by atoms with Crippen LogP contribution < -0.4 is 14.8 Å². The van der Waals surface area contributed by atoms with E-state index < -0.39 is 59.0 Å². The van der Waals surface area contributed by atoms with E-state index in [2.05, 4.69) is 15.3 Å². The highest BCUT2D eigenvalue weighted by Crippen LogP contribution is 2.35. The third-order valence-electron chi connectivity index (χ3n) is 8.76. The monoisotopic (exact) mass is 775 g/mol. The normalized spacial score (nSPS) is 17.1. The second-order valence-corrected chi connectivity index (χ2v) is 15.7. The Morgan fingerprint density at radius 3 is 1.73 bits per heavy atom. The van der Waals surface area contributed by atoms with Gasteiger partial charge in [0, 0.05) is 43.3 Å². The molecule has 15 heteroatoms. The van der Waals surface area contributed by atoms with Crippen LogP contribution in [0.2, 0.25) is 0 Å². The van der Waals surface area contributed by atoms with Crippen LogP contribution in [0.1, 0.15) is 64.7 Å². The number of nitrogens with one attached hydrogen (secondary N) is 1. The number of amides is 3. The Hall–Kier alpha value is -5.86. The molecule has 56 heavy (non-hydrogen) atoms. The Morgan fingerprint density at radius 1 is 0.679 bits per heavy atom. The lowest BCUT2D eigenvalue weighted by atomic mass is 10.0. The molecule has 2 saturated heterocycles. The number of hydrogen-bond acceptors (Lipinski definition) is 9. The largest absolute Gasteiger partial charge is 0.472 e. The van der Waals surface area contributed by atoms with Crippen molar-refractivity contribution in [2.45, 2.75) is 77.8 Å². The summed E-state index contributed by atoms with van der Waals surface area (Å²) < 4.78 is 65.8. The Labute approximate surface area is 322 Å². The van der Waals surface area contributed by atoms with Crippen molar-refractivity contribution < 1.29 is 46.5 Å². The number of halogens is 3. The van der Waals surface area contributed by atoms with Crippen molar-refractivity contribution in [2.24, 2.45) is 0 Å². The molecule has 6 rings (SSSR count). The first-order valence-corrected chi connectivity index (χ1v) is 18.2. The number of carbonyl (C=O) groups is 3. The first kappa shape index (κ1) is 39.8. The van der Waals surface area contributed by atoms with Crippen molar-refractivity contribution in [3.05, 3.63) is 90.0 Å². The van der Waals surface area contributed by atoms with Gasteiger partial charge in [0.25, 0.3) is 5.91 Å². The number of carbonyl (C=O) groups excluding carboxylic acids is 3. The van der Waals surface area contributed by atoms with Gasteiger partial charge < -0.3 is 34.1 Å². The summed E-state index contributed by atoms with van der Waals surface area (Å²) >= 11 is 0. The predicted molar refractivity (Wildman–Crippen MR) is 201 cm³/mol. The Kier molecular flexibility index (Phi) is 11.4. The fraction of sp³-hybridized carbons (Fsp3) is 0.390. The molecule has 0 radical (unpaired) electrons. The maximum Gasteiger partial charge on any atom is 0.410 e. The first-order valence-electron chi connectivity index (χ1n) is 18.2. The number of pyridine rings is 2. The van der Waals surface area contributed by atoms with E-state index in [1.165, 1.54) is 41.6 Å². The van der Waals surface area contributed by atoms with Crippen molar-refractivity contribution in [1.29, 1.82) is 0 Å². The van der Waals surface area contributed by atoms with E-state index in [0.29, 0.717) is 37.1 Å². The number of nitrogens with zero attached hydrogens (tertiary/aromatic N) is 4. The van der Waals surface area contributed by atoms with E-state index in [9.17, 15) is 27.6 Å². The minimum atomic E-state index is -1.10. The molecular weight excluding hydrogens is 731 g/mol. The van der Waals surface area contributed by atoms with Gasteiger partial charge in [-0.15, -0.1) is 0 Å². The molecular formula is C41H44F3N5O7. The van der Waals surface area contributed by atoms with Crippen LogP contribution in [0.4, 0.5) is 28.4 Å². The molecule has 12 nitrogen and oxygen atoms in total. The van der Waals surface area contributed by atoms with Crippen molar-refractivity contribution in [2.75, 3.05) is 31.5 Å². The van der Waals surface area contributed by atoms with Crippen LogP contribution in [0, 0.1) is 17.5 Å². The van der Waals surface area contributed by atoms with E-state index in [-0.39, 0.29) is 47.2 Å². The zero-order valence-corrected chi connectivity index (χ0v) is 32.0. The Morgan fingerprint density at radius 2 is 1.20 bits per heavy atom. The summed E-state index contributed by atoms with van der Waals surface area (Å²) in [6.07, 6.45) is 1.86. The minimum Gasteiger partial charge on any atom is -0.472 e. The SMILES string of the molecule is CC(C)(C)OC(=O)N1CC[C@H](Oc2ncc(NC(=O)c3cnc(O[C@H]4CCN(C(=O)OC(C)(C)C)C4)c(-c4ccc(F)c(F)c4)c3)cc2-c2ccc(F)cc2)C1. The van der Waals surface area contributed by atoms with Gasteiger partial charge in [0.15, 0.2) is 11.6 Å². The highest BCUT2D eigenvalue weighted by atomic mass is 19.2. The molecule has 1 N–H and O–H groups in total. The molecule has 2 fully saturated rings. The number of anilines is 1. The van der Waals surface area contributed by atoms with Gasteiger partial charge in [0.1, 0.15) is 29.2 Å². The smallest absolute Gasteiger partial charge is 0.410 e. The molecule has 296 valence electrons. The summed E-state index contributed by atoms with van der Waals surface area (Å²) in [7, 11) is 0. The van der Waals surface area contributed by atoms with E-state index in [1.807, 2.05) is 0 Å². The zero-order chi connectivity index (χ0) is 40.4. The number of benzene rings is 2. The quantitative estimate of drug-likeness (QED) is 0.188. The molecule has 0 spiro atoms. The summed E-state index contributed by atoms with van der Waals surface area (Å²) in [5.41, 5.74) is 0.461. The molecule has 4 aromatic rings. The van der Waals surface area contributed by atoms with Gasteiger partial charge in [-0.2, -0.15) is 0 Å². The summed E-state index contributed by atoms with van der Waals surface area (Å²) in [6, 6.07) is 12.1. The van der Waals surface area contributed by atoms with Gasteiger partial charge in [-0.05, 0) is 89.1 Å². The third kappa shape index (κ3) is 10.1. The Bertz CT molecular complexity index is 2100. The van der Waals surface area contributed by atoms with Crippen molar-refractivity contribution >= 4 is 23.8 Å². The third-order valence-corrected chi connectivity index (χ3v) is 8.76. The van der Waals surface area contributed by atoms with Gasteiger partial charge in [0.05, 0.1) is 30.5 Å². The molecule has 0 saturated carbocycles. The van der Waals surface area contributed by atoms with E-state index in [4.69, 9.17) is 18.9 Å². The van der Waals surface area contributed by atoms with E-state index >= 15 is 0 Å². The maximum atomic E-state index is 14.5. The topological polar surface area (TPSA) is 132 Å². The lowest BCUT2D eigenvalue weighted by Crippen LogP contribution is -2.36. The highest BCUT2D eigenvalue weighted by Gasteiger charge is 2.33. The molecule has 0 unspecified atom stereocenters. The van der Waals surface area contributed by atoms with Crippen LogP contribution in [-0.2, 0) is 9.47 Å². The van der Waals surface area contributed by atoms with Crippen LogP contribution in [0.25, 0.3) is 22.3 Å². The van der Waals surface area contributed by atoms with Crippen LogP contribution in [0.3, 0.4) is 0 Å². The number of rotatable bonds is 8. The van der Waals surface area contributed by atoms with Gasteiger partial charge in [0.2, 0.25) is 11.8 Å². The van der Waals surface area contributed by atoms with E-state index in [0.717, 1.165) is 12.1 Å². The fourth-order valence-electron chi connectivity index (χ4n) is 6.14. The summed E-state index contributed by atoms with van der Waals surface area (Å²) in [6.45, 7) is 12.0. The molecule has 2 aliphatic heterocycles. The molecule has 2 atom stereocenters. The van der Waals surface area contributed by atoms with E-state index in [1.54, 1.807) is 64.6 Å². The highest BCUT2D eigenvalue weighted by molar-refractivity contribution is 6.05. The summed E-state index contributed by atoms with van der Waals surface area (Å²) in [5, 5.41) is 2.80. The number of likely N-dealkylation sites (tertiary alicyclic amines) is 2. The second kappa shape index (κ2) is 16.1. The van der Waals surface area contributed by atoms with Crippen LogP contribution in [-0.4, -0.2) is 87.5 Å². The minimum absolute atomic E-state index is 0.0579. The summed E-state index contributed by atoms with van der Waals surface area (Å²) in [4.78, 5) is 51.0. The predicted octanol–water partition coefficient (Wildman–Crippen LogP) is 8.26. The van der Waals surface area contributed by atoms with Gasteiger partial charge in [-0.25, -0.2) is 32.7 Å². The molecule has 2 aromatic heterocycles. The van der Waals surface area contributed by atoms with Crippen LogP contribution in [0.5, 0.6) is 11.8 Å². The number of ether oxygens (including phenoxy) is 4. The second-order valence-electron chi connectivity index (χ2n) is 15.7. The van der Waals surface area contributed by atoms with Gasteiger partial charge in [-0.3, -0.25) is 4.79 Å². The molecule has 4 heterocycles. The summed E-state index contributed by atoms with van der Waals surface area (Å²) in [5.74, 6) is -2.92. The average Bonchev–Trinajstić information content (AvgIpc) is 3.80. The zero-order valence-electron chi connectivity index (χ0n) is 32.0. The fourth-order valence-corrected chi connectivity index (χ4v) is 6.14. The number of hydrogen-bond donors (Lipinski definition) is 1. The standard InChI is InChI=1S/C41H44F3N5O7/c1-40(2,3)55-38(51)48-15-13-29(22-48)53-36-31(25-9-12-33(43)34(44)18-25)17-26(20-45-36)35(50)47-28-19-32(24-7-10-27(42)11-8-24)37(46-21-28)54-30-14-16-49(23-30)39(52)56-41(4,5)6/h7-12,17-21,29-30H,13-16,22-23H2,1-6H3,(H,47,50)/t29-,30-/m0/s1. The molecule has 0 aliphatic carbocycles. The van der Waals surface area contributed by atoms with Gasteiger partial charge in [-0.1, -0.05) is 18.2 Å². The Balaban J connectivity index is 1.23. The first-order chi connectivity index (χ1) is 26.4. The molecule has 0 bridgehead atoms. The van der Waals surface area contributed by atoms with Gasteiger partial charge >= 0.3 is 12.2 Å². The molecule has 2 aromatic carbocycles. The average molecular weight is 776 g/mol. The van der Waals surface area contributed by atoms with Crippen LogP contribution in [0.15, 0.2) is 67.0 Å². The molecule has 3 amide bonds. The van der Waals surface area contributed by atoms with Crippen LogP contribution >= 0.6 is 0 Å². The lowest BCUT2D eigenvalue weighted by Gasteiger charge is -2.24. The maximum absolute atomic E-state index is 14.5. The van der Waals surface area contributed by atoms with Crippen molar-refractivity contribution in [1.82, 2.24) is 19.8 Å².